The van der Waals surface area contributed by atoms with Crippen molar-refractivity contribution in [1.29, 1.82) is 0 Å². The third kappa shape index (κ3) is 10.2. The summed E-state index contributed by atoms with van der Waals surface area (Å²) in [6.45, 7) is 5.04. The minimum Gasteiger partial charge on any atom is -0.480 e. The van der Waals surface area contributed by atoms with Gasteiger partial charge in [0.1, 0.15) is 18.1 Å². The van der Waals surface area contributed by atoms with Gasteiger partial charge in [0.15, 0.2) is 0 Å². The Morgan fingerprint density at radius 1 is 0.867 bits per heavy atom. The predicted octanol–water partition coefficient (Wildman–Crippen LogP) is -2.47. The van der Waals surface area contributed by atoms with Crippen LogP contribution in [0.4, 0.5) is 0 Å². The fourth-order valence-corrected chi connectivity index (χ4v) is 2.51. The molecule has 0 spiro atoms. The van der Waals surface area contributed by atoms with Crippen LogP contribution in [0.25, 0.3) is 0 Å². The highest BCUT2D eigenvalue weighted by Gasteiger charge is 2.31. The summed E-state index contributed by atoms with van der Waals surface area (Å²) in [6, 6.07) is -4.50. The Morgan fingerprint density at radius 3 is 1.83 bits per heavy atom. The number of amides is 4. The summed E-state index contributed by atoms with van der Waals surface area (Å²) in [5.74, 6) is -4.62. The maximum absolute atomic E-state index is 12.6. The number of carbonyl (C=O) groups is 5. The number of unbranched alkanes of at least 4 members (excludes halogenated alkanes) is 1. The van der Waals surface area contributed by atoms with E-state index in [4.69, 9.17) is 17.2 Å². The van der Waals surface area contributed by atoms with Gasteiger partial charge in [-0.2, -0.15) is 0 Å². The SMILES string of the molecule is CC(N)C(=O)NC(CC(N)=O)C(=O)NC(CCCCN)C(=O)NC(C(=O)O)C(C)C. The molecule has 0 saturated carbocycles. The smallest absolute Gasteiger partial charge is 0.326 e. The van der Waals surface area contributed by atoms with Crippen molar-refractivity contribution in [2.75, 3.05) is 6.54 Å². The highest BCUT2D eigenvalue weighted by atomic mass is 16.4. The topological polar surface area (TPSA) is 220 Å². The van der Waals surface area contributed by atoms with Crippen molar-refractivity contribution in [1.82, 2.24) is 16.0 Å². The second-order valence-corrected chi connectivity index (χ2v) is 7.43. The zero-order valence-electron chi connectivity index (χ0n) is 17.6. The van der Waals surface area contributed by atoms with Crippen molar-refractivity contribution in [2.24, 2.45) is 23.1 Å². The van der Waals surface area contributed by atoms with Crippen LogP contribution < -0.4 is 33.2 Å². The van der Waals surface area contributed by atoms with E-state index in [9.17, 15) is 29.1 Å². The van der Waals surface area contributed by atoms with E-state index in [1.165, 1.54) is 6.92 Å². The summed E-state index contributed by atoms with van der Waals surface area (Å²) in [7, 11) is 0. The number of carboxylic acids is 1. The third-order valence-corrected chi connectivity index (χ3v) is 4.26. The first-order valence-electron chi connectivity index (χ1n) is 9.78. The van der Waals surface area contributed by atoms with Gasteiger partial charge in [-0.3, -0.25) is 19.2 Å². The van der Waals surface area contributed by atoms with Crippen LogP contribution in [0, 0.1) is 5.92 Å². The molecule has 4 unspecified atom stereocenters. The summed E-state index contributed by atoms with van der Waals surface area (Å²) in [6.07, 6.45) is 0.758. The molecule has 0 saturated heterocycles. The lowest BCUT2D eigenvalue weighted by Crippen LogP contribution is -2.58. The molecule has 0 fully saturated rings. The van der Waals surface area contributed by atoms with Gasteiger partial charge in [0.05, 0.1) is 12.5 Å². The molecule has 4 amide bonds. The number of hydrogen-bond donors (Lipinski definition) is 7. The van der Waals surface area contributed by atoms with E-state index in [2.05, 4.69) is 16.0 Å². The van der Waals surface area contributed by atoms with Gasteiger partial charge >= 0.3 is 5.97 Å². The van der Waals surface area contributed by atoms with Crippen molar-refractivity contribution in [2.45, 2.75) is 70.6 Å². The number of nitrogens with one attached hydrogen (secondary N) is 3. The number of aliphatic carboxylic acids is 1. The van der Waals surface area contributed by atoms with Crippen LogP contribution in [0.15, 0.2) is 0 Å². The molecule has 12 heteroatoms. The Labute approximate surface area is 175 Å². The average Bonchev–Trinajstić information content (AvgIpc) is 2.63. The van der Waals surface area contributed by atoms with Gasteiger partial charge in [-0.25, -0.2) is 4.79 Å². The Balaban J connectivity index is 5.44. The maximum atomic E-state index is 12.6. The van der Waals surface area contributed by atoms with Crippen molar-refractivity contribution in [3.8, 4) is 0 Å². The van der Waals surface area contributed by atoms with Gasteiger partial charge in [0.25, 0.3) is 0 Å². The molecule has 30 heavy (non-hydrogen) atoms. The van der Waals surface area contributed by atoms with Crippen LogP contribution in [-0.2, 0) is 24.0 Å². The number of primary amides is 1. The van der Waals surface area contributed by atoms with E-state index in [0.29, 0.717) is 19.4 Å². The monoisotopic (exact) mass is 430 g/mol. The summed E-state index contributed by atoms with van der Waals surface area (Å²) in [5, 5.41) is 16.5. The van der Waals surface area contributed by atoms with E-state index in [0.717, 1.165) is 0 Å². The minimum atomic E-state index is -1.33. The molecular weight excluding hydrogens is 396 g/mol. The highest BCUT2D eigenvalue weighted by molar-refractivity contribution is 5.96. The fourth-order valence-electron chi connectivity index (χ4n) is 2.51. The van der Waals surface area contributed by atoms with Crippen LogP contribution in [0.5, 0.6) is 0 Å². The van der Waals surface area contributed by atoms with Crippen molar-refractivity contribution < 1.29 is 29.1 Å². The molecule has 0 aromatic heterocycles. The summed E-state index contributed by atoms with van der Waals surface area (Å²) in [4.78, 5) is 59.8. The van der Waals surface area contributed by atoms with Gasteiger partial charge in [-0.05, 0) is 38.6 Å². The first-order valence-corrected chi connectivity index (χ1v) is 9.78. The van der Waals surface area contributed by atoms with Gasteiger partial charge in [0.2, 0.25) is 23.6 Å². The molecule has 0 heterocycles. The minimum absolute atomic E-state index is 0.184. The largest absolute Gasteiger partial charge is 0.480 e. The van der Waals surface area contributed by atoms with Gasteiger partial charge in [0, 0.05) is 0 Å². The Morgan fingerprint density at radius 2 is 1.40 bits per heavy atom. The molecule has 0 rings (SSSR count). The van der Waals surface area contributed by atoms with Gasteiger partial charge < -0.3 is 38.3 Å². The fraction of sp³-hybridized carbons (Fsp3) is 0.722. The molecule has 4 atom stereocenters. The molecule has 10 N–H and O–H groups in total. The van der Waals surface area contributed by atoms with Crippen molar-refractivity contribution in [3.05, 3.63) is 0 Å². The van der Waals surface area contributed by atoms with E-state index < -0.39 is 60.2 Å². The lowest BCUT2D eigenvalue weighted by molar-refractivity contribution is -0.143. The molecule has 0 aliphatic heterocycles. The summed E-state index contributed by atoms with van der Waals surface area (Å²) in [5.41, 5.74) is 16.1. The average molecular weight is 431 g/mol. The molecule has 0 radical (unpaired) electrons. The van der Waals surface area contributed by atoms with Gasteiger partial charge in [-0.15, -0.1) is 0 Å². The molecule has 0 aromatic rings. The van der Waals surface area contributed by atoms with E-state index in [-0.39, 0.29) is 12.3 Å². The van der Waals surface area contributed by atoms with Gasteiger partial charge in [-0.1, -0.05) is 13.8 Å². The van der Waals surface area contributed by atoms with Crippen LogP contribution in [0.3, 0.4) is 0 Å². The Kier molecular flexibility index (Phi) is 12.3. The number of hydrogen-bond acceptors (Lipinski definition) is 7. The lowest BCUT2D eigenvalue weighted by Gasteiger charge is -2.25. The number of carboxylic acid groups (broad SMARTS) is 1. The van der Waals surface area contributed by atoms with E-state index >= 15 is 0 Å². The number of nitrogens with two attached hydrogens (primary N) is 3. The van der Waals surface area contributed by atoms with Crippen LogP contribution in [-0.4, -0.2) is 65.4 Å². The standard InChI is InChI=1S/C18H34N6O6/c1-9(2)14(18(29)30)24-16(27)11(6-4-5-7-19)22-17(28)12(8-13(21)25)23-15(26)10(3)20/h9-12,14H,4-8,19-20H2,1-3H3,(H2,21,25)(H,22,28)(H,23,26)(H,24,27)(H,29,30). The zero-order valence-corrected chi connectivity index (χ0v) is 17.6. The second-order valence-electron chi connectivity index (χ2n) is 7.43. The summed E-state index contributed by atoms with van der Waals surface area (Å²) < 4.78 is 0. The normalized spacial score (nSPS) is 14.9. The van der Waals surface area contributed by atoms with Crippen LogP contribution >= 0.6 is 0 Å². The quantitative estimate of drug-likeness (QED) is 0.146. The predicted molar refractivity (Wildman–Crippen MR) is 109 cm³/mol. The highest BCUT2D eigenvalue weighted by Crippen LogP contribution is 2.07. The first kappa shape index (κ1) is 27.3. The molecule has 0 aliphatic carbocycles. The molecule has 0 aliphatic rings. The Hall–Kier alpha value is -2.73. The third-order valence-electron chi connectivity index (χ3n) is 4.26. The second kappa shape index (κ2) is 13.5. The zero-order chi connectivity index (χ0) is 23.4. The molecule has 0 bridgehead atoms. The first-order chi connectivity index (χ1) is 13.9. The van der Waals surface area contributed by atoms with Crippen molar-refractivity contribution >= 4 is 29.6 Å². The van der Waals surface area contributed by atoms with E-state index in [1.807, 2.05) is 0 Å². The molecule has 172 valence electrons. The lowest BCUT2D eigenvalue weighted by atomic mass is 10.0. The molecule has 12 nitrogen and oxygen atoms in total. The van der Waals surface area contributed by atoms with E-state index in [1.54, 1.807) is 13.8 Å². The van der Waals surface area contributed by atoms with Crippen LogP contribution in [0.1, 0.15) is 46.5 Å². The number of rotatable bonds is 14. The maximum Gasteiger partial charge on any atom is 0.326 e. The number of carbonyl (C=O) groups excluding carboxylic acids is 4. The molecule has 0 aromatic carbocycles. The van der Waals surface area contributed by atoms with Crippen LogP contribution in [0.2, 0.25) is 0 Å². The summed E-state index contributed by atoms with van der Waals surface area (Å²) >= 11 is 0. The molecular formula is C18H34N6O6. The Bertz CT molecular complexity index is 624. The van der Waals surface area contributed by atoms with Crippen molar-refractivity contribution in [3.63, 3.8) is 0 Å².